The molecule has 2 aliphatic rings. The molecule has 6 heteroatoms. The number of nitrogens with one attached hydrogen (secondary N) is 1. The molecule has 5 nitrogen and oxygen atoms in total. The van der Waals surface area contributed by atoms with Crippen molar-refractivity contribution in [2.24, 2.45) is 0 Å². The van der Waals surface area contributed by atoms with Gasteiger partial charge in [-0.2, -0.15) is 4.98 Å². The number of benzene rings is 1. The molecule has 0 radical (unpaired) electrons. The van der Waals surface area contributed by atoms with Crippen molar-refractivity contribution >= 4 is 5.91 Å². The minimum Gasteiger partial charge on any atom is -0.353 e. The van der Waals surface area contributed by atoms with E-state index in [4.69, 9.17) is 4.52 Å². The smallest absolute Gasteiger partial charge is 0.237 e. The molecule has 0 aliphatic heterocycles. The predicted molar refractivity (Wildman–Crippen MR) is 84.8 cm³/mol. The van der Waals surface area contributed by atoms with Gasteiger partial charge in [-0.25, -0.2) is 4.39 Å². The molecule has 126 valence electrons. The number of halogens is 1. The van der Waals surface area contributed by atoms with Crippen molar-refractivity contribution in [3.63, 3.8) is 0 Å². The summed E-state index contributed by atoms with van der Waals surface area (Å²) in [5, 5.41) is 6.96. The molecule has 2 aliphatic carbocycles. The van der Waals surface area contributed by atoms with Gasteiger partial charge in [0.05, 0.1) is 11.8 Å². The van der Waals surface area contributed by atoms with E-state index in [1.165, 1.54) is 25.0 Å². The second kappa shape index (κ2) is 6.00. The second-order valence-corrected chi connectivity index (χ2v) is 6.83. The highest BCUT2D eigenvalue weighted by atomic mass is 19.1. The van der Waals surface area contributed by atoms with Crippen LogP contribution >= 0.6 is 0 Å². The van der Waals surface area contributed by atoms with E-state index in [2.05, 4.69) is 15.5 Å². The molecule has 2 aromatic rings. The van der Waals surface area contributed by atoms with E-state index < -0.39 is 0 Å². The molecule has 24 heavy (non-hydrogen) atoms. The zero-order valence-corrected chi connectivity index (χ0v) is 13.4. The normalized spacial score (nSPS) is 19.4. The molecular formula is C18H20FN3O2. The number of hydrogen-bond acceptors (Lipinski definition) is 4. The molecule has 0 unspecified atom stereocenters. The molecule has 1 aromatic heterocycles. The van der Waals surface area contributed by atoms with Gasteiger partial charge in [-0.05, 0) is 43.4 Å². The van der Waals surface area contributed by atoms with Gasteiger partial charge in [0.1, 0.15) is 5.82 Å². The molecule has 2 saturated carbocycles. The summed E-state index contributed by atoms with van der Waals surface area (Å²) in [6.07, 6.45) is 6.27. The summed E-state index contributed by atoms with van der Waals surface area (Å²) in [5.41, 5.74) is 0.475. The Morgan fingerprint density at radius 2 is 2.12 bits per heavy atom. The number of amides is 1. The maximum atomic E-state index is 13.5. The lowest BCUT2D eigenvalue weighted by atomic mass is 9.96. The van der Waals surface area contributed by atoms with E-state index in [1.54, 1.807) is 6.07 Å². The summed E-state index contributed by atoms with van der Waals surface area (Å²) in [4.78, 5) is 16.5. The molecule has 1 heterocycles. The van der Waals surface area contributed by atoms with Crippen LogP contribution in [0.1, 0.15) is 55.8 Å². The molecular weight excluding hydrogens is 309 g/mol. The average Bonchev–Trinajstić information content (AvgIpc) is 2.97. The Morgan fingerprint density at radius 1 is 1.33 bits per heavy atom. The van der Waals surface area contributed by atoms with Gasteiger partial charge in [-0.15, -0.1) is 0 Å². The fourth-order valence-corrected chi connectivity index (χ4v) is 3.55. The van der Waals surface area contributed by atoms with Gasteiger partial charge in [-0.1, -0.05) is 30.1 Å². The number of nitrogens with zero attached hydrogens (tertiary/aromatic N) is 2. The number of carbonyl (C=O) groups is 1. The van der Waals surface area contributed by atoms with Crippen LogP contribution in [0, 0.1) is 5.82 Å². The molecule has 0 bridgehead atoms. The van der Waals surface area contributed by atoms with Crippen LogP contribution in [0.15, 0.2) is 28.8 Å². The Morgan fingerprint density at radius 3 is 2.83 bits per heavy atom. The van der Waals surface area contributed by atoms with Crippen LogP contribution < -0.4 is 5.32 Å². The van der Waals surface area contributed by atoms with E-state index in [0.29, 0.717) is 11.7 Å². The zero-order valence-electron chi connectivity index (χ0n) is 13.4. The average molecular weight is 329 g/mol. The Bertz CT molecular complexity index is 748. The van der Waals surface area contributed by atoms with Crippen molar-refractivity contribution in [1.82, 2.24) is 15.5 Å². The third-order valence-electron chi connectivity index (χ3n) is 5.04. The van der Waals surface area contributed by atoms with E-state index in [-0.39, 0.29) is 29.6 Å². The first-order chi connectivity index (χ1) is 11.7. The summed E-state index contributed by atoms with van der Waals surface area (Å²) in [6.45, 7) is 0. The molecule has 1 aromatic carbocycles. The van der Waals surface area contributed by atoms with Gasteiger partial charge < -0.3 is 9.84 Å². The second-order valence-electron chi connectivity index (χ2n) is 6.83. The van der Waals surface area contributed by atoms with E-state index in [1.807, 2.05) is 6.07 Å². The van der Waals surface area contributed by atoms with Gasteiger partial charge in [-0.3, -0.25) is 4.79 Å². The van der Waals surface area contributed by atoms with Crippen LogP contribution in [0.25, 0.3) is 0 Å². The van der Waals surface area contributed by atoms with Crippen LogP contribution in [-0.4, -0.2) is 22.1 Å². The first-order valence-electron chi connectivity index (χ1n) is 8.54. The monoisotopic (exact) mass is 329 g/mol. The van der Waals surface area contributed by atoms with Gasteiger partial charge in [0, 0.05) is 6.04 Å². The van der Waals surface area contributed by atoms with Crippen LogP contribution in [0.2, 0.25) is 0 Å². The Hall–Kier alpha value is -2.24. The fraction of sp³-hybridized carbons (Fsp3) is 0.500. The molecule has 1 N–H and O–H groups in total. The van der Waals surface area contributed by atoms with Crippen molar-refractivity contribution < 1.29 is 13.7 Å². The first-order valence-corrected chi connectivity index (χ1v) is 8.54. The number of hydrogen-bond donors (Lipinski definition) is 1. The third-order valence-corrected chi connectivity index (χ3v) is 5.04. The largest absolute Gasteiger partial charge is 0.353 e. The molecule has 0 saturated heterocycles. The lowest BCUT2D eigenvalue weighted by Gasteiger charge is -2.10. The standard InChI is InChI=1S/C18H20FN3O2/c19-13-5-3-4-12(10-13)18(8-9-18)17-21-15(22-24-17)11-16(23)20-14-6-1-2-7-14/h3-5,10,14H,1-2,6-9,11H2,(H,20,23). The number of rotatable bonds is 5. The van der Waals surface area contributed by atoms with Crippen molar-refractivity contribution in [2.75, 3.05) is 0 Å². The predicted octanol–water partition coefficient (Wildman–Crippen LogP) is 2.89. The SMILES string of the molecule is O=C(Cc1noc(C2(c3cccc(F)c3)CC2)n1)NC1CCCC1. The van der Waals surface area contributed by atoms with Crippen LogP contribution in [0.3, 0.4) is 0 Å². The Balaban J connectivity index is 1.45. The number of carbonyl (C=O) groups excluding carboxylic acids is 1. The van der Waals surface area contributed by atoms with Crippen molar-refractivity contribution in [1.29, 1.82) is 0 Å². The highest BCUT2D eigenvalue weighted by molar-refractivity contribution is 5.78. The minimum absolute atomic E-state index is 0.0650. The fourth-order valence-electron chi connectivity index (χ4n) is 3.55. The lowest BCUT2D eigenvalue weighted by molar-refractivity contribution is -0.121. The quantitative estimate of drug-likeness (QED) is 0.916. The zero-order chi connectivity index (χ0) is 16.6. The Labute approximate surface area is 139 Å². The minimum atomic E-state index is -0.380. The summed E-state index contributed by atoms with van der Waals surface area (Å²) in [7, 11) is 0. The maximum absolute atomic E-state index is 13.5. The van der Waals surface area contributed by atoms with E-state index >= 15 is 0 Å². The summed E-state index contributed by atoms with van der Waals surface area (Å²) in [5.74, 6) is 0.541. The number of aromatic nitrogens is 2. The summed E-state index contributed by atoms with van der Waals surface area (Å²) >= 11 is 0. The molecule has 4 rings (SSSR count). The first kappa shape index (κ1) is 15.3. The summed E-state index contributed by atoms with van der Waals surface area (Å²) < 4.78 is 18.9. The molecule has 1 amide bonds. The van der Waals surface area contributed by atoms with Gasteiger partial charge in [0.15, 0.2) is 5.82 Å². The third kappa shape index (κ3) is 2.92. The molecule has 0 spiro atoms. The maximum Gasteiger partial charge on any atom is 0.237 e. The van der Waals surface area contributed by atoms with Crippen LogP contribution in [0.5, 0.6) is 0 Å². The van der Waals surface area contributed by atoms with Crippen molar-refractivity contribution in [3.8, 4) is 0 Å². The highest BCUT2D eigenvalue weighted by Gasteiger charge is 2.51. The topological polar surface area (TPSA) is 68.0 Å². The van der Waals surface area contributed by atoms with Gasteiger partial charge in [0.25, 0.3) is 0 Å². The summed E-state index contributed by atoms with van der Waals surface area (Å²) in [6, 6.07) is 6.80. The van der Waals surface area contributed by atoms with E-state index in [9.17, 15) is 9.18 Å². The molecule has 0 atom stereocenters. The van der Waals surface area contributed by atoms with Crippen LogP contribution in [0.4, 0.5) is 4.39 Å². The van der Waals surface area contributed by atoms with Crippen molar-refractivity contribution in [2.45, 2.75) is 56.4 Å². The van der Waals surface area contributed by atoms with Gasteiger partial charge >= 0.3 is 0 Å². The highest BCUT2D eigenvalue weighted by Crippen LogP contribution is 2.52. The molecule has 2 fully saturated rings. The Kier molecular flexibility index (Phi) is 3.82. The van der Waals surface area contributed by atoms with Crippen LogP contribution in [-0.2, 0) is 16.6 Å². The van der Waals surface area contributed by atoms with Crippen molar-refractivity contribution in [3.05, 3.63) is 47.4 Å². The lowest BCUT2D eigenvalue weighted by Crippen LogP contribution is -2.33. The van der Waals surface area contributed by atoms with E-state index in [0.717, 1.165) is 31.2 Å². The van der Waals surface area contributed by atoms with Gasteiger partial charge in [0.2, 0.25) is 11.8 Å².